The van der Waals surface area contributed by atoms with Gasteiger partial charge in [0.1, 0.15) is 17.2 Å². The zero-order chi connectivity index (χ0) is 14.8. The van der Waals surface area contributed by atoms with E-state index in [1.165, 1.54) is 0 Å². The van der Waals surface area contributed by atoms with E-state index in [1.54, 1.807) is 18.2 Å². The summed E-state index contributed by atoms with van der Waals surface area (Å²) in [6.45, 7) is 1.94. The molecule has 2 aromatic rings. The van der Waals surface area contributed by atoms with Crippen LogP contribution in [0, 0.1) is 0 Å². The zero-order valence-electron chi connectivity index (χ0n) is 11.8. The maximum absolute atomic E-state index is 11.6. The molecule has 0 spiro atoms. The number of esters is 1. The highest BCUT2D eigenvalue weighted by Crippen LogP contribution is 2.42. The molecule has 0 saturated carbocycles. The lowest BCUT2D eigenvalue weighted by atomic mass is 9.95. The number of carbonyl (C=O) groups excluding carboxylic acids is 1. The number of hydrogen-bond acceptors (Lipinski definition) is 4. The minimum Gasteiger partial charge on any atom is -0.457 e. The molecule has 0 saturated heterocycles. The van der Waals surface area contributed by atoms with Crippen LogP contribution >= 0.6 is 0 Å². The third-order valence-electron chi connectivity index (χ3n) is 3.48. The summed E-state index contributed by atoms with van der Waals surface area (Å²) in [5.74, 6) is 1.75. The number of fused-ring (bicyclic) bond motifs is 2. The van der Waals surface area contributed by atoms with Crippen LogP contribution in [0.4, 0.5) is 0 Å². The van der Waals surface area contributed by atoms with Gasteiger partial charge in [-0.25, -0.2) is 0 Å². The van der Waals surface area contributed by atoms with Crippen molar-refractivity contribution in [2.75, 3.05) is 0 Å². The molecule has 1 atom stereocenters. The van der Waals surface area contributed by atoms with Gasteiger partial charge in [-0.3, -0.25) is 4.79 Å². The van der Waals surface area contributed by atoms with Gasteiger partial charge in [-0.05, 0) is 30.7 Å². The van der Waals surface area contributed by atoms with Crippen LogP contribution in [0.2, 0.25) is 0 Å². The van der Waals surface area contributed by atoms with Gasteiger partial charge < -0.3 is 15.2 Å². The fourth-order valence-corrected chi connectivity index (χ4v) is 2.43. The molecule has 1 heterocycles. The maximum atomic E-state index is 11.6. The smallest absolute Gasteiger partial charge is 0.311 e. The molecule has 1 unspecified atom stereocenters. The monoisotopic (exact) mass is 283 g/mol. The number of nitrogens with two attached hydrogens (primary N) is 1. The van der Waals surface area contributed by atoms with Crippen molar-refractivity contribution in [3.05, 3.63) is 53.6 Å². The average molecular weight is 283 g/mol. The first-order valence-electron chi connectivity index (χ1n) is 7.06. The van der Waals surface area contributed by atoms with Crippen LogP contribution in [0.3, 0.4) is 0 Å². The van der Waals surface area contributed by atoms with Crippen molar-refractivity contribution in [3.63, 3.8) is 0 Å². The first-order chi connectivity index (χ1) is 10.2. The highest BCUT2D eigenvalue weighted by Gasteiger charge is 2.24. The van der Waals surface area contributed by atoms with E-state index in [0.29, 0.717) is 17.9 Å². The standard InChI is InChI=1S/C17H17NO3/c1-2-5-16(19)20-11-8-9-15-13(10-11)17(18)12-6-3-4-7-14(12)21-15/h3-4,6-10,17H,2,5,18H2,1H3. The average Bonchev–Trinajstić information content (AvgIpc) is 2.48. The van der Waals surface area contributed by atoms with Gasteiger partial charge in [0.25, 0.3) is 0 Å². The van der Waals surface area contributed by atoms with Gasteiger partial charge in [0, 0.05) is 17.5 Å². The van der Waals surface area contributed by atoms with Gasteiger partial charge in [-0.15, -0.1) is 0 Å². The molecule has 0 aliphatic carbocycles. The van der Waals surface area contributed by atoms with Crippen molar-refractivity contribution in [1.29, 1.82) is 0 Å². The molecule has 4 nitrogen and oxygen atoms in total. The van der Waals surface area contributed by atoms with Gasteiger partial charge in [-0.1, -0.05) is 25.1 Å². The third-order valence-corrected chi connectivity index (χ3v) is 3.48. The second-order valence-electron chi connectivity index (χ2n) is 5.04. The van der Waals surface area contributed by atoms with E-state index in [9.17, 15) is 4.79 Å². The Balaban J connectivity index is 1.90. The summed E-state index contributed by atoms with van der Waals surface area (Å²) in [5.41, 5.74) is 8.06. The maximum Gasteiger partial charge on any atom is 0.311 e. The summed E-state index contributed by atoms with van der Waals surface area (Å²) >= 11 is 0. The van der Waals surface area contributed by atoms with Crippen LogP contribution in [0.25, 0.3) is 0 Å². The molecule has 0 bridgehead atoms. The predicted octanol–water partition coefficient (Wildman–Crippen LogP) is 3.55. The minimum absolute atomic E-state index is 0.233. The van der Waals surface area contributed by atoms with Crippen LogP contribution in [0.5, 0.6) is 17.2 Å². The summed E-state index contributed by atoms with van der Waals surface area (Å²) < 4.78 is 11.1. The van der Waals surface area contributed by atoms with Gasteiger partial charge in [0.05, 0.1) is 6.04 Å². The molecule has 0 radical (unpaired) electrons. The molecule has 3 rings (SSSR count). The number of para-hydroxylation sites is 1. The molecule has 21 heavy (non-hydrogen) atoms. The Morgan fingerprint density at radius 1 is 1.19 bits per heavy atom. The first kappa shape index (κ1) is 13.6. The third kappa shape index (κ3) is 2.62. The van der Waals surface area contributed by atoms with Crippen molar-refractivity contribution in [3.8, 4) is 17.2 Å². The molecular formula is C17H17NO3. The lowest BCUT2D eigenvalue weighted by Gasteiger charge is -2.25. The fraction of sp³-hybridized carbons (Fsp3) is 0.235. The Hall–Kier alpha value is -2.33. The molecule has 4 heteroatoms. The Morgan fingerprint density at radius 2 is 1.95 bits per heavy atom. The van der Waals surface area contributed by atoms with E-state index in [2.05, 4.69) is 0 Å². The van der Waals surface area contributed by atoms with Crippen molar-refractivity contribution >= 4 is 5.97 Å². The second kappa shape index (κ2) is 5.58. The Kier molecular flexibility index (Phi) is 3.62. The Labute approximate surface area is 123 Å². The van der Waals surface area contributed by atoms with Gasteiger partial charge in [-0.2, -0.15) is 0 Å². The van der Waals surface area contributed by atoms with E-state index in [-0.39, 0.29) is 12.0 Å². The van der Waals surface area contributed by atoms with Crippen LogP contribution in [-0.2, 0) is 4.79 Å². The van der Waals surface area contributed by atoms with Gasteiger partial charge in [0.2, 0.25) is 0 Å². The molecule has 0 fully saturated rings. The fourth-order valence-electron chi connectivity index (χ4n) is 2.43. The zero-order valence-corrected chi connectivity index (χ0v) is 11.8. The lowest BCUT2D eigenvalue weighted by Crippen LogP contribution is -2.18. The first-order valence-corrected chi connectivity index (χ1v) is 7.06. The van der Waals surface area contributed by atoms with Crippen LogP contribution in [-0.4, -0.2) is 5.97 Å². The number of rotatable bonds is 3. The summed E-state index contributed by atoms with van der Waals surface area (Å²) in [6, 6.07) is 12.7. The van der Waals surface area contributed by atoms with E-state index >= 15 is 0 Å². The molecule has 0 amide bonds. The largest absolute Gasteiger partial charge is 0.457 e. The van der Waals surface area contributed by atoms with E-state index in [0.717, 1.165) is 23.3 Å². The van der Waals surface area contributed by atoms with Crippen molar-refractivity contribution in [2.45, 2.75) is 25.8 Å². The Bertz CT molecular complexity index is 681. The van der Waals surface area contributed by atoms with Crippen molar-refractivity contribution in [1.82, 2.24) is 0 Å². The summed E-state index contributed by atoms with van der Waals surface area (Å²) in [4.78, 5) is 11.6. The van der Waals surface area contributed by atoms with E-state index < -0.39 is 0 Å². The van der Waals surface area contributed by atoms with Crippen molar-refractivity contribution < 1.29 is 14.3 Å². The topological polar surface area (TPSA) is 61.5 Å². The summed E-state index contributed by atoms with van der Waals surface area (Å²) in [5, 5.41) is 0. The van der Waals surface area contributed by atoms with Gasteiger partial charge >= 0.3 is 5.97 Å². The van der Waals surface area contributed by atoms with E-state index in [4.69, 9.17) is 15.2 Å². The van der Waals surface area contributed by atoms with Crippen LogP contribution < -0.4 is 15.2 Å². The second-order valence-corrected chi connectivity index (χ2v) is 5.04. The SMILES string of the molecule is CCCC(=O)Oc1ccc2c(c1)C(N)c1ccccc1O2. The predicted molar refractivity (Wildman–Crippen MR) is 79.5 cm³/mol. The molecule has 1 aliphatic heterocycles. The minimum atomic E-state index is -0.283. The van der Waals surface area contributed by atoms with E-state index in [1.807, 2.05) is 31.2 Å². The molecule has 2 N–H and O–H groups in total. The number of carbonyl (C=O) groups is 1. The normalized spacial score (nSPS) is 15.6. The highest BCUT2D eigenvalue weighted by molar-refractivity contribution is 5.72. The number of hydrogen-bond donors (Lipinski definition) is 1. The highest BCUT2D eigenvalue weighted by atomic mass is 16.5. The molecule has 1 aliphatic rings. The summed E-state index contributed by atoms with van der Waals surface area (Å²) in [6.07, 6.45) is 1.17. The van der Waals surface area contributed by atoms with Crippen LogP contribution in [0.15, 0.2) is 42.5 Å². The van der Waals surface area contributed by atoms with Crippen molar-refractivity contribution in [2.24, 2.45) is 5.73 Å². The van der Waals surface area contributed by atoms with Crippen LogP contribution in [0.1, 0.15) is 36.9 Å². The Morgan fingerprint density at radius 3 is 2.76 bits per heavy atom. The number of ether oxygens (including phenoxy) is 2. The van der Waals surface area contributed by atoms with Gasteiger partial charge in [0.15, 0.2) is 0 Å². The summed E-state index contributed by atoms with van der Waals surface area (Å²) in [7, 11) is 0. The molecule has 0 aromatic heterocycles. The molecule has 108 valence electrons. The molecular weight excluding hydrogens is 266 g/mol. The lowest BCUT2D eigenvalue weighted by molar-refractivity contribution is -0.134. The number of benzene rings is 2. The quantitative estimate of drug-likeness (QED) is 0.691. The molecule has 2 aromatic carbocycles.